The van der Waals surface area contributed by atoms with Crippen LogP contribution in [0.4, 0.5) is 0 Å². The predicted molar refractivity (Wildman–Crippen MR) is 84.6 cm³/mol. The summed E-state index contributed by atoms with van der Waals surface area (Å²) in [5, 5.41) is 0. The first-order valence-electron chi connectivity index (χ1n) is 6.31. The van der Waals surface area contributed by atoms with E-state index in [0.717, 1.165) is 25.7 Å². The molecule has 0 aliphatic heterocycles. The molecule has 0 saturated heterocycles. The standard InChI is InChI=1S/C10H26O2S2Si2/c1-3-11-9-15-7-5-13-14-6-8-16-10-12-4-2/h3-10,15-16H2,1-2H3. The van der Waals surface area contributed by atoms with Crippen LogP contribution in [0, 0.1) is 0 Å². The Labute approximate surface area is 113 Å². The van der Waals surface area contributed by atoms with Gasteiger partial charge >= 0.3 is 0 Å². The molecule has 0 aromatic heterocycles. The van der Waals surface area contributed by atoms with E-state index in [0.29, 0.717) is 0 Å². The zero-order chi connectivity index (χ0) is 11.9. The van der Waals surface area contributed by atoms with Crippen molar-refractivity contribution in [2.75, 3.05) is 37.2 Å². The second kappa shape index (κ2) is 16.1. The topological polar surface area (TPSA) is 18.5 Å². The molecule has 0 bridgehead atoms. The van der Waals surface area contributed by atoms with Gasteiger partial charge in [0.1, 0.15) is 0 Å². The zero-order valence-corrected chi connectivity index (χ0v) is 15.2. The lowest BCUT2D eigenvalue weighted by Gasteiger charge is -2.02. The number of hydrogen-bond donors (Lipinski definition) is 0. The van der Waals surface area contributed by atoms with Crippen LogP contribution >= 0.6 is 21.6 Å². The van der Waals surface area contributed by atoms with Crippen molar-refractivity contribution >= 4 is 40.6 Å². The van der Waals surface area contributed by atoms with Crippen LogP contribution in [0.15, 0.2) is 0 Å². The summed E-state index contributed by atoms with van der Waals surface area (Å²) >= 11 is 0. The third-order valence-electron chi connectivity index (χ3n) is 2.02. The molecule has 0 radical (unpaired) electrons. The Morgan fingerprint density at radius 2 is 1.25 bits per heavy atom. The molecular formula is C10H26O2S2Si2. The molecular weight excluding hydrogens is 272 g/mol. The van der Waals surface area contributed by atoms with E-state index in [4.69, 9.17) is 9.47 Å². The van der Waals surface area contributed by atoms with Crippen molar-refractivity contribution in [3.05, 3.63) is 0 Å². The minimum atomic E-state index is 0.0818. The summed E-state index contributed by atoms with van der Waals surface area (Å²) in [6.45, 7) is 5.93. The highest BCUT2D eigenvalue weighted by molar-refractivity contribution is 8.76. The molecule has 0 unspecified atom stereocenters. The smallest absolute Gasteiger partial charge is 0.0524 e. The van der Waals surface area contributed by atoms with Crippen molar-refractivity contribution in [1.82, 2.24) is 0 Å². The van der Waals surface area contributed by atoms with E-state index < -0.39 is 0 Å². The van der Waals surface area contributed by atoms with Crippen LogP contribution in [0.2, 0.25) is 12.1 Å². The molecule has 16 heavy (non-hydrogen) atoms. The minimum absolute atomic E-state index is 0.0818. The molecule has 98 valence electrons. The van der Waals surface area contributed by atoms with Crippen LogP contribution in [0.3, 0.4) is 0 Å². The first-order valence-corrected chi connectivity index (χ1v) is 12.8. The molecule has 0 fully saturated rings. The molecule has 6 heteroatoms. The van der Waals surface area contributed by atoms with Crippen molar-refractivity contribution in [1.29, 1.82) is 0 Å². The average Bonchev–Trinajstić information content (AvgIpc) is 2.31. The highest BCUT2D eigenvalue weighted by atomic mass is 33.1. The fourth-order valence-corrected chi connectivity index (χ4v) is 8.17. The Morgan fingerprint density at radius 3 is 1.62 bits per heavy atom. The molecule has 0 aliphatic rings. The van der Waals surface area contributed by atoms with Gasteiger partial charge in [0, 0.05) is 37.2 Å². The SMILES string of the molecule is CCOC[SiH2]CCSSCC[SiH2]COCC. The van der Waals surface area contributed by atoms with Gasteiger partial charge in [0.2, 0.25) is 0 Å². The molecule has 0 aliphatic carbocycles. The highest BCUT2D eigenvalue weighted by Gasteiger charge is 1.94. The maximum absolute atomic E-state index is 5.35. The lowest BCUT2D eigenvalue weighted by molar-refractivity contribution is 0.193. The van der Waals surface area contributed by atoms with E-state index in [2.05, 4.69) is 35.4 Å². The van der Waals surface area contributed by atoms with Gasteiger partial charge in [-0.1, -0.05) is 33.7 Å². The summed E-state index contributed by atoms with van der Waals surface area (Å²) in [5.41, 5.74) is 0. The minimum Gasteiger partial charge on any atom is -0.386 e. The van der Waals surface area contributed by atoms with E-state index in [1.165, 1.54) is 23.6 Å². The fraction of sp³-hybridized carbons (Fsp3) is 1.00. The van der Waals surface area contributed by atoms with E-state index in [-0.39, 0.29) is 19.0 Å². The Hall–Kier alpha value is 1.05. The predicted octanol–water partition coefficient (Wildman–Crippen LogP) is 1.53. The highest BCUT2D eigenvalue weighted by Crippen LogP contribution is 2.22. The van der Waals surface area contributed by atoms with Crippen molar-refractivity contribution in [2.45, 2.75) is 25.9 Å². The summed E-state index contributed by atoms with van der Waals surface area (Å²) < 4.78 is 10.7. The summed E-state index contributed by atoms with van der Waals surface area (Å²) in [5.74, 6) is 2.66. The lowest BCUT2D eigenvalue weighted by Crippen LogP contribution is -2.04. The van der Waals surface area contributed by atoms with Crippen molar-refractivity contribution < 1.29 is 9.47 Å². The van der Waals surface area contributed by atoms with Gasteiger partial charge in [0.25, 0.3) is 0 Å². The summed E-state index contributed by atoms with van der Waals surface area (Å²) in [6, 6.07) is 2.85. The largest absolute Gasteiger partial charge is 0.386 e. The zero-order valence-electron chi connectivity index (χ0n) is 10.7. The Morgan fingerprint density at radius 1 is 0.812 bits per heavy atom. The molecule has 0 N–H and O–H groups in total. The van der Waals surface area contributed by atoms with E-state index in [1.54, 1.807) is 0 Å². The van der Waals surface area contributed by atoms with Crippen molar-refractivity contribution in [3.63, 3.8) is 0 Å². The Kier molecular flexibility index (Phi) is 17.1. The van der Waals surface area contributed by atoms with Crippen molar-refractivity contribution in [2.24, 2.45) is 0 Å². The quantitative estimate of drug-likeness (QED) is 0.291. The van der Waals surface area contributed by atoms with Crippen LogP contribution < -0.4 is 0 Å². The van der Waals surface area contributed by atoms with E-state index in [9.17, 15) is 0 Å². The third kappa shape index (κ3) is 15.1. The van der Waals surface area contributed by atoms with Crippen LogP contribution in [0.1, 0.15) is 13.8 Å². The Balaban J connectivity index is 2.83. The van der Waals surface area contributed by atoms with Crippen LogP contribution in [-0.4, -0.2) is 56.2 Å². The number of hydrogen-bond acceptors (Lipinski definition) is 4. The second-order valence-corrected chi connectivity index (χ2v) is 9.80. The van der Waals surface area contributed by atoms with E-state index in [1.807, 2.05) is 0 Å². The second-order valence-electron chi connectivity index (χ2n) is 3.45. The fourth-order valence-electron chi connectivity index (χ4n) is 1.14. The summed E-state index contributed by atoms with van der Waals surface area (Å²) in [4.78, 5) is 0. The van der Waals surface area contributed by atoms with Crippen LogP contribution in [-0.2, 0) is 9.47 Å². The van der Waals surface area contributed by atoms with E-state index >= 15 is 0 Å². The molecule has 0 aromatic carbocycles. The van der Waals surface area contributed by atoms with Gasteiger partial charge in [0.15, 0.2) is 0 Å². The van der Waals surface area contributed by atoms with Gasteiger partial charge in [-0.05, 0) is 13.8 Å². The van der Waals surface area contributed by atoms with Gasteiger partial charge < -0.3 is 9.47 Å². The van der Waals surface area contributed by atoms with Gasteiger partial charge in [0.05, 0.1) is 19.0 Å². The normalized spacial score (nSPS) is 12.4. The van der Waals surface area contributed by atoms with Crippen molar-refractivity contribution in [3.8, 4) is 0 Å². The van der Waals surface area contributed by atoms with Gasteiger partial charge in [-0.3, -0.25) is 0 Å². The third-order valence-corrected chi connectivity index (χ3v) is 8.49. The molecule has 0 amide bonds. The molecule has 0 saturated carbocycles. The first-order chi connectivity index (χ1) is 7.91. The Bertz CT molecular complexity index is 117. The molecule has 0 aromatic rings. The maximum atomic E-state index is 5.35. The van der Waals surface area contributed by atoms with Gasteiger partial charge in [-0.15, -0.1) is 0 Å². The molecule has 0 spiro atoms. The maximum Gasteiger partial charge on any atom is 0.0524 e. The molecule has 2 nitrogen and oxygen atoms in total. The molecule has 0 rings (SSSR count). The monoisotopic (exact) mass is 298 g/mol. The van der Waals surface area contributed by atoms with Crippen LogP contribution in [0.25, 0.3) is 0 Å². The summed E-state index contributed by atoms with van der Waals surface area (Å²) in [6.07, 6.45) is 2.14. The first kappa shape index (κ1) is 17.1. The summed E-state index contributed by atoms with van der Waals surface area (Å²) in [7, 11) is 4.27. The number of ether oxygens (including phenoxy) is 2. The molecule has 0 heterocycles. The number of rotatable bonds is 13. The van der Waals surface area contributed by atoms with Gasteiger partial charge in [-0.2, -0.15) is 0 Å². The lowest BCUT2D eigenvalue weighted by atomic mass is 10.9. The average molecular weight is 299 g/mol. The molecule has 0 atom stereocenters. The van der Waals surface area contributed by atoms with Gasteiger partial charge in [-0.25, -0.2) is 0 Å². The van der Waals surface area contributed by atoms with Crippen LogP contribution in [0.5, 0.6) is 0 Å².